The van der Waals surface area contributed by atoms with Gasteiger partial charge in [0.05, 0.1) is 0 Å². The highest BCUT2D eigenvalue weighted by Gasteiger charge is 2.04. The first kappa shape index (κ1) is 15.1. The van der Waals surface area contributed by atoms with Gasteiger partial charge >= 0.3 is 0 Å². The van der Waals surface area contributed by atoms with Crippen LogP contribution in [0.25, 0.3) is 0 Å². The van der Waals surface area contributed by atoms with Crippen molar-refractivity contribution in [2.45, 2.75) is 58.3 Å². The molecule has 92 valence electrons. The van der Waals surface area contributed by atoms with Gasteiger partial charge in [-0.15, -0.1) is 0 Å². The summed E-state index contributed by atoms with van der Waals surface area (Å²) in [6.07, 6.45) is 10.1. The van der Waals surface area contributed by atoms with E-state index in [0.717, 1.165) is 6.42 Å². The molecule has 0 aromatic carbocycles. The predicted octanol–water partition coefficient (Wildman–Crippen LogP) is 2.74. The monoisotopic (exact) mass is 235 g/mol. The molecule has 0 atom stereocenters. The maximum atomic E-state index is 10.9. The van der Waals surface area contributed by atoms with E-state index in [2.05, 4.69) is 12.0 Å². The Morgan fingerprint density at radius 1 is 0.933 bits per heavy atom. The SMILES string of the molecule is CCCCCCCCCCNP(N)(N)=O. The van der Waals surface area contributed by atoms with Gasteiger partial charge in [0.15, 0.2) is 0 Å². The first-order chi connectivity index (χ1) is 7.06. The van der Waals surface area contributed by atoms with Gasteiger partial charge in [0.2, 0.25) is 0 Å². The third-order valence-electron chi connectivity index (χ3n) is 2.39. The highest BCUT2D eigenvalue weighted by atomic mass is 31.2. The van der Waals surface area contributed by atoms with Crippen LogP contribution in [-0.2, 0) is 4.57 Å². The van der Waals surface area contributed by atoms with Crippen molar-refractivity contribution in [2.75, 3.05) is 6.54 Å². The van der Waals surface area contributed by atoms with E-state index in [1.165, 1.54) is 44.9 Å². The predicted molar refractivity (Wildman–Crippen MR) is 66.6 cm³/mol. The maximum Gasteiger partial charge on any atom is 0.273 e. The minimum atomic E-state index is -2.99. The Balaban J connectivity index is 3.02. The van der Waals surface area contributed by atoms with Crippen molar-refractivity contribution in [3.63, 3.8) is 0 Å². The molecule has 0 unspecified atom stereocenters. The Hall–Kier alpha value is 0.110. The van der Waals surface area contributed by atoms with Crippen molar-refractivity contribution in [3.05, 3.63) is 0 Å². The molecule has 4 nitrogen and oxygen atoms in total. The Labute approximate surface area is 93.7 Å². The molecule has 0 amide bonds. The molecule has 0 aliphatic heterocycles. The van der Waals surface area contributed by atoms with Gasteiger partial charge in [0.1, 0.15) is 0 Å². The standard InChI is InChI=1S/C10H26N3OP/c1-2-3-4-5-6-7-8-9-10-13-15(11,12)14/h2-10H2,1H3,(H5,11,12,13,14). The van der Waals surface area contributed by atoms with Crippen LogP contribution < -0.4 is 16.1 Å². The fourth-order valence-electron chi connectivity index (χ4n) is 1.51. The third-order valence-corrected chi connectivity index (χ3v) is 3.11. The number of hydrogen-bond acceptors (Lipinski definition) is 1. The molecule has 0 radical (unpaired) electrons. The van der Waals surface area contributed by atoms with Crippen LogP contribution in [0.15, 0.2) is 0 Å². The first-order valence-electron chi connectivity index (χ1n) is 5.98. The highest BCUT2D eigenvalue weighted by Crippen LogP contribution is 2.17. The second kappa shape index (κ2) is 9.34. The van der Waals surface area contributed by atoms with Gasteiger partial charge in [-0.3, -0.25) is 15.6 Å². The number of nitrogens with one attached hydrogen (secondary N) is 1. The second-order valence-corrected chi connectivity index (χ2v) is 5.83. The Morgan fingerprint density at radius 2 is 1.40 bits per heavy atom. The first-order valence-corrected chi connectivity index (χ1v) is 7.83. The molecule has 0 bridgehead atoms. The van der Waals surface area contributed by atoms with Crippen LogP contribution >= 0.6 is 7.59 Å². The molecule has 15 heavy (non-hydrogen) atoms. The van der Waals surface area contributed by atoms with Gasteiger partial charge in [-0.2, -0.15) is 0 Å². The fourth-order valence-corrected chi connectivity index (χ4v) is 2.02. The van der Waals surface area contributed by atoms with Crippen LogP contribution in [-0.4, -0.2) is 6.54 Å². The molecule has 0 aliphatic rings. The van der Waals surface area contributed by atoms with Gasteiger partial charge < -0.3 is 0 Å². The molecule has 0 saturated heterocycles. The molecule has 5 N–H and O–H groups in total. The smallest absolute Gasteiger partial charge is 0.271 e. The summed E-state index contributed by atoms with van der Waals surface area (Å²) in [6, 6.07) is 0. The summed E-state index contributed by atoms with van der Waals surface area (Å²) in [6.45, 7) is 2.89. The molecular formula is C10H26N3OP. The van der Waals surface area contributed by atoms with Crippen LogP contribution in [0.4, 0.5) is 0 Å². The van der Waals surface area contributed by atoms with E-state index in [4.69, 9.17) is 11.0 Å². The normalized spacial score (nSPS) is 11.9. The zero-order valence-corrected chi connectivity index (χ0v) is 10.8. The topological polar surface area (TPSA) is 81.1 Å². The molecule has 0 heterocycles. The van der Waals surface area contributed by atoms with E-state index >= 15 is 0 Å². The largest absolute Gasteiger partial charge is 0.273 e. The summed E-state index contributed by atoms with van der Waals surface area (Å²) >= 11 is 0. The summed E-state index contributed by atoms with van der Waals surface area (Å²) in [5.74, 6) is 0. The molecule has 0 aromatic rings. The number of unbranched alkanes of at least 4 members (excludes halogenated alkanes) is 7. The molecule has 0 rings (SSSR count). The fraction of sp³-hybridized carbons (Fsp3) is 1.00. The highest BCUT2D eigenvalue weighted by molar-refractivity contribution is 7.56. The third kappa shape index (κ3) is 14.1. The van der Waals surface area contributed by atoms with E-state index in [9.17, 15) is 4.57 Å². The molecule has 0 aliphatic carbocycles. The molecule has 0 saturated carbocycles. The van der Waals surface area contributed by atoms with Crippen molar-refractivity contribution in [2.24, 2.45) is 11.0 Å². The van der Waals surface area contributed by atoms with Crippen molar-refractivity contribution in [1.29, 1.82) is 0 Å². The number of rotatable bonds is 10. The average molecular weight is 235 g/mol. The van der Waals surface area contributed by atoms with E-state index in [1.54, 1.807) is 0 Å². The Bertz CT molecular complexity index is 182. The van der Waals surface area contributed by atoms with Gasteiger partial charge in [0.25, 0.3) is 7.59 Å². The van der Waals surface area contributed by atoms with Crippen LogP contribution in [0.3, 0.4) is 0 Å². The van der Waals surface area contributed by atoms with Crippen molar-refractivity contribution < 1.29 is 4.57 Å². The summed E-state index contributed by atoms with van der Waals surface area (Å²) in [5.41, 5.74) is 10.3. The zero-order valence-electron chi connectivity index (χ0n) is 9.87. The van der Waals surface area contributed by atoms with Crippen LogP contribution in [0.1, 0.15) is 58.3 Å². The van der Waals surface area contributed by atoms with Gasteiger partial charge in [-0.25, -0.2) is 5.09 Å². The number of nitrogens with two attached hydrogens (primary N) is 2. The molecular weight excluding hydrogens is 209 g/mol. The Morgan fingerprint density at radius 3 is 1.87 bits per heavy atom. The lowest BCUT2D eigenvalue weighted by molar-refractivity contribution is 0.553. The second-order valence-electron chi connectivity index (χ2n) is 4.09. The molecule has 0 fully saturated rings. The maximum absolute atomic E-state index is 10.9. The van der Waals surface area contributed by atoms with Crippen LogP contribution in [0, 0.1) is 0 Å². The van der Waals surface area contributed by atoms with Crippen molar-refractivity contribution >= 4 is 7.59 Å². The summed E-state index contributed by atoms with van der Waals surface area (Å²) < 4.78 is 10.9. The van der Waals surface area contributed by atoms with E-state index in [-0.39, 0.29) is 0 Å². The van der Waals surface area contributed by atoms with Gasteiger partial charge in [-0.1, -0.05) is 51.9 Å². The minimum absolute atomic E-state index is 0.666. The van der Waals surface area contributed by atoms with Crippen LogP contribution in [0.5, 0.6) is 0 Å². The summed E-state index contributed by atoms with van der Waals surface area (Å²) in [5, 5.41) is 2.64. The molecule has 0 aromatic heterocycles. The number of hydrogen-bond donors (Lipinski definition) is 3. The summed E-state index contributed by atoms with van der Waals surface area (Å²) in [7, 11) is -2.99. The van der Waals surface area contributed by atoms with E-state index in [0.29, 0.717) is 6.54 Å². The average Bonchev–Trinajstić information content (AvgIpc) is 2.14. The minimum Gasteiger partial charge on any atom is -0.271 e. The van der Waals surface area contributed by atoms with Gasteiger partial charge in [0, 0.05) is 6.54 Å². The van der Waals surface area contributed by atoms with E-state index < -0.39 is 7.59 Å². The lowest BCUT2D eigenvalue weighted by Gasteiger charge is -2.07. The van der Waals surface area contributed by atoms with Gasteiger partial charge in [-0.05, 0) is 6.42 Å². The van der Waals surface area contributed by atoms with Crippen LogP contribution in [0.2, 0.25) is 0 Å². The Kier molecular flexibility index (Phi) is 9.41. The quantitative estimate of drug-likeness (QED) is 0.401. The zero-order chi connectivity index (χ0) is 11.6. The van der Waals surface area contributed by atoms with E-state index in [1.807, 2.05) is 0 Å². The van der Waals surface area contributed by atoms with Crippen molar-refractivity contribution in [3.8, 4) is 0 Å². The lowest BCUT2D eigenvalue weighted by atomic mass is 10.1. The summed E-state index contributed by atoms with van der Waals surface area (Å²) in [4.78, 5) is 0. The molecule has 5 heteroatoms. The van der Waals surface area contributed by atoms with Crippen molar-refractivity contribution in [1.82, 2.24) is 5.09 Å². The molecule has 0 spiro atoms. The lowest BCUT2D eigenvalue weighted by Crippen LogP contribution is -2.22.